The second kappa shape index (κ2) is 5.62. The van der Waals surface area contributed by atoms with E-state index in [0.29, 0.717) is 16.1 Å². The fourth-order valence-electron chi connectivity index (χ4n) is 2.54. The van der Waals surface area contributed by atoms with Crippen LogP contribution in [0.4, 0.5) is 5.00 Å². The van der Waals surface area contributed by atoms with Gasteiger partial charge in [0.05, 0.1) is 16.1 Å². The molecule has 0 bridgehead atoms. The number of hydrogen-bond donors (Lipinski definition) is 1. The number of imide groups is 1. The highest BCUT2D eigenvalue weighted by Crippen LogP contribution is 2.27. The Bertz CT molecular complexity index is 770. The molecule has 0 fully saturated rings. The molecule has 23 heavy (non-hydrogen) atoms. The number of fused-ring (bicyclic) bond motifs is 1. The number of thiophene rings is 1. The van der Waals surface area contributed by atoms with Crippen molar-refractivity contribution in [1.82, 2.24) is 4.90 Å². The summed E-state index contributed by atoms with van der Waals surface area (Å²) >= 11 is 1.47. The molecule has 1 atom stereocenters. The lowest BCUT2D eigenvalue weighted by Gasteiger charge is -2.21. The Labute approximate surface area is 137 Å². The van der Waals surface area contributed by atoms with Crippen LogP contribution < -0.4 is 5.32 Å². The summed E-state index contributed by atoms with van der Waals surface area (Å²) in [6, 6.07) is 7.63. The molecule has 0 radical (unpaired) electrons. The molecule has 3 amide bonds. The highest BCUT2D eigenvalue weighted by atomic mass is 32.1. The number of hydrogen-bond acceptors (Lipinski definition) is 4. The molecule has 3 rings (SSSR count). The normalized spacial score (nSPS) is 14.8. The first-order valence-corrected chi connectivity index (χ1v) is 8.06. The fraction of sp³-hybridized carbons (Fsp3) is 0.235. The van der Waals surface area contributed by atoms with Gasteiger partial charge in [0, 0.05) is 4.88 Å². The van der Waals surface area contributed by atoms with Gasteiger partial charge in [-0.25, -0.2) is 0 Å². The molecule has 0 aliphatic carbocycles. The van der Waals surface area contributed by atoms with Crippen LogP contribution >= 0.6 is 11.3 Å². The maximum Gasteiger partial charge on any atom is 0.262 e. The average Bonchev–Trinajstić information content (AvgIpc) is 2.97. The van der Waals surface area contributed by atoms with Gasteiger partial charge in [-0.1, -0.05) is 12.1 Å². The van der Waals surface area contributed by atoms with E-state index in [9.17, 15) is 14.4 Å². The van der Waals surface area contributed by atoms with Gasteiger partial charge in [-0.15, -0.1) is 11.3 Å². The van der Waals surface area contributed by atoms with Crippen LogP contribution in [0.1, 0.15) is 38.1 Å². The number of rotatable bonds is 3. The third-order valence-corrected chi connectivity index (χ3v) is 5.07. The molecule has 1 aliphatic heterocycles. The van der Waals surface area contributed by atoms with Crippen molar-refractivity contribution in [3.8, 4) is 0 Å². The SMILES string of the molecule is Cc1cc(NC(=O)C(C)N2C(=O)c3ccccc3C2=O)sc1C. The topological polar surface area (TPSA) is 66.5 Å². The fourth-order valence-corrected chi connectivity index (χ4v) is 3.47. The summed E-state index contributed by atoms with van der Waals surface area (Å²) in [4.78, 5) is 39.3. The molecule has 2 heterocycles. The van der Waals surface area contributed by atoms with Crippen molar-refractivity contribution in [3.05, 3.63) is 51.9 Å². The predicted octanol–water partition coefficient (Wildman–Crippen LogP) is 2.99. The Kier molecular flexibility index (Phi) is 3.77. The minimum atomic E-state index is -0.870. The van der Waals surface area contributed by atoms with Crippen molar-refractivity contribution < 1.29 is 14.4 Å². The first kappa shape index (κ1) is 15.4. The third-order valence-electron chi connectivity index (χ3n) is 4.00. The highest BCUT2D eigenvalue weighted by molar-refractivity contribution is 7.16. The lowest BCUT2D eigenvalue weighted by atomic mass is 10.1. The van der Waals surface area contributed by atoms with Gasteiger partial charge in [0.1, 0.15) is 6.04 Å². The largest absolute Gasteiger partial charge is 0.316 e. The number of amides is 3. The summed E-state index contributed by atoms with van der Waals surface area (Å²) in [6.07, 6.45) is 0. The number of carbonyl (C=O) groups is 3. The van der Waals surface area contributed by atoms with Crippen molar-refractivity contribution in [2.75, 3.05) is 5.32 Å². The van der Waals surface area contributed by atoms with Crippen LogP contribution in [0.5, 0.6) is 0 Å². The second-order valence-electron chi connectivity index (χ2n) is 5.54. The van der Waals surface area contributed by atoms with E-state index in [1.54, 1.807) is 31.2 Å². The lowest BCUT2D eigenvalue weighted by molar-refractivity contribution is -0.119. The van der Waals surface area contributed by atoms with E-state index >= 15 is 0 Å². The Morgan fingerprint density at radius 3 is 2.17 bits per heavy atom. The minimum Gasteiger partial charge on any atom is -0.316 e. The maximum atomic E-state index is 12.4. The molecular formula is C17H16N2O3S. The van der Waals surface area contributed by atoms with E-state index in [1.807, 2.05) is 19.9 Å². The molecule has 6 heteroatoms. The van der Waals surface area contributed by atoms with Crippen molar-refractivity contribution in [2.24, 2.45) is 0 Å². The molecule has 0 saturated heterocycles. The van der Waals surface area contributed by atoms with Gasteiger partial charge >= 0.3 is 0 Å². The molecule has 118 valence electrons. The first-order chi connectivity index (χ1) is 10.9. The van der Waals surface area contributed by atoms with Crippen LogP contribution in [-0.4, -0.2) is 28.7 Å². The molecular weight excluding hydrogens is 312 g/mol. The van der Waals surface area contributed by atoms with E-state index < -0.39 is 17.9 Å². The zero-order chi connectivity index (χ0) is 16.7. The monoisotopic (exact) mass is 328 g/mol. The van der Waals surface area contributed by atoms with E-state index in [1.165, 1.54) is 11.3 Å². The quantitative estimate of drug-likeness (QED) is 0.881. The first-order valence-electron chi connectivity index (χ1n) is 7.25. The smallest absolute Gasteiger partial charge is 0.262 e. The van der Waals surface area contributed by atoms with Gasteiger partial charge in [0.2, 0.25) is 5.91 Å². The molecule has 5 nitrogen and oxygen atoms in total. The lowest BCUT2D eigenvalue weighted by Crippen LogP contribution is -2.45. The van der Waals surface area contributed by atoms with Gasteiger partial charge in [-0.05, 0) is 44.5 Å². The highest BCUT2D eigenvalue weighted by Gasteiger charge is 2.40. The minimum absolute atomic E-state index is 0.347. The summed E-state index contributed by atoms with van der Waals surface area (Å²) in [5.74, 6) is -1.22. The number of aryl methyl sites for hydroxylation is 2. The standard InChI is InChI=1S/C17H16N2O3S/c1-9-8-14(23-11(9)3)18-15(20)10(2)19-16(21)12-6-4-5-7-13(12)17(19)22/h4-8,10H,1-3H3,(H,18,20). The maximum absolute atomic E-state index is 12.4. The Morgan fingerprint density at radius 2 is 1.70 bits per heavy atom. The molecule has 0 saturated carbocycles. The van der Waals surface area contributed by atoms with Gasteiger partial charge in [-0.2, -0.15) is 0 Å². The van der Waals surface area contributed by atoms with Crippen LogP contribution in [0.15, 0.2) is 30.3 Å². The van der Waals surface area contributed by atoms with Gasteiger partial charge in [0.15, 0.2) is 0 Å². The summed E-state index contributed by atoms with van der Waals surface area (Å²) in [5.41, 5.74) is 1.79. The van der Waals surface area contributed by atoms with Gasteiger partial charge in [0.25, 0.3) is 11.8 Å². The van der Waals surface area contributed by atoms with E-state index in [2.05, 4.69) is 5.32 Å². The summed E-state index contributed by atoms with van der Waals surface area (Å²) in [7, 11) is 0. The number of nitrogens with zero attached hydrogens (tertiary/aromatic N) is 1. The third kappa shape index (κ3) is 2.55. The van der Waals surface area contributed by atoms with Gasteiger partial charge < -0.3 is 5.32 Å². The zero-order valence-electron chi connectivity index (χ0n) is 13.0. The molecule has 1 aromatic carbocycles. The Hall–Kier alpha value is -2.47. The van der Waals surface area contributed by atoms with Gasteiger partial charge in [-0.3, -0.25) is 19.3 Å². The van der Waals surface area contributed by atoms with Crippen molar-refractivity contribution >= 4 is 34.1 Å². The Morgan fingerprint density at radius 1 is 1.13 bits per heavy atom. The molecule has 0 spiro atoms. The summed E-state index contributed by atoms with van der Waals surface area (Å²) in [5, 5.41) is 3.50. The van der Waals surface area contributed by atoms with Crippen LogP contribution in [0.25, 0.3) is 0 Å². The van der Waals surface area contributed by atoms with E-state index in [4.69, 9.17) is 0 Å². The Balaban J connectivity index is 1.81. The van der Waals surface area contributed by atoms with Crippen molar-refractivity contribution in [2.45, 2.75) is 26.8 Å². The predicted molar refractivity (Wildman–Crippen MR) is 88.8 cm³/mol. The molecule has 1 unspecified atom stereocenters. The number of nitrogens with one attached hydrogen (secondary N) is 1. The second-order valence-corrected chi connectivity index (χ2v) is 6.80. The van der Waals surface area contributed by atoms with Crippen LogP contribution in [0.3, 0.4) is 0 Å². The number of anilines is 1. The molecule has 1 aliphatic rings. The summed E-state index contributed by atoms with van der Waals surface area (Å²) < 4.78 is 0. The van der Waals surface area contributed by atoms with Crippen LogP contribution in [-0.2, 0) is 4.79 Å². The molecule has 2 aromatic rings. The summed E-state index contributed by atoms with van der Waals surface area (Å²) in [6.45, 7) is 5.50. The number of carbonyl (C=O) groups excluding carboxylic acids is 3. The van der Waals surface area contributed by atoms with Crippen LogP contribution in [0.2, 0.25) is 0 Å². The molecule has 1 aromatic heterocycles. The van der Waals surface area contributed by atoms with E-state index in [-0.39, 0.29) is 5.91 Å². The zero-order valence-corrected chi connectivity index (χ0v) is 13.9. The van der Waals surface area contributed by atoms with Crippen LogP contribution in [0, 0.1) is 13.8 Å². The van der Waals surface area contributed by atoms with Crippen molar-refractivity contribution in [3.63, 3.8) is 0 Å². The molecule has 1 N–H and O–H groups in total. The average molecular weight is 328 g/mol. The number of benzene rings is 1. The van der Waals surface area contributed by atoms with E-state index in [0.717, 1.165) is 15.3 Å². The van der Waals surface area contributed by atoms with Crippen molar-refractivity contribution in [1.29, 1.82) is 0 Å².